The fourth-order valence-electron chi connectivity index (χ4n) is 3.72. The number of benzene rings is 1. The minimum Gasteiger partial charge on any atom is -0.493 e. The molecule has 0 saturated carbocycles. The van der Waals surface area contributed by atoms with Crippen molar-refractivity contribution in [3.8, 4) is 5.75 Å². The van der Waals surface area contributed by atoms with E-state index in [0.717, 1.165) is 24.2 Å². The number of halogens is 1. The Morgan fingerprint density at radius 3 is 2.97 bits per heavy atom. The van der Waals surface area contributed by atoms with Crippen molar-refractivity contribution < 1.29 is 13.9 Å². The summed E-state index contributed by atoms with van der Waals surface area (Å²) in [6, 6.07) is 10.9. The quantitative estimate of drug-likeness (QED) is 0.678. The monoisotopic (exact) mass is 410 g/mol. The number of nitrogens with one attached hydrogen (secondary N) is 1. The fraction of sp³-hybridized carbons (Fsp3) is 0.318. The second-order valence-corrected chi connectivity index (χ2v) is 7.40. The third kappa shape index (κ3) is 4.27. The van der Waals surface area contributed by atoms with E-state index in [1.807, 2.05) is 11.0 Å². The molecule has 4 rings (SSSR count). The van der Waals surface area contributed by atoms with Crippen LogP contribution in [0.1, 0.15) is 40.6 Å². The van der Waals surface area contributed by atoms with Gasteiger partial charge in [-0.25, -0.2) is 4.39 Å². The topological polar surface area (TPSA) is 80.2 Å². The molecule has 0 bridgehead atoms. The molecule has 1 aromatic carbocycles. The van der Waals surface area contributed by atoms with Gasteiger partial charge >= 0.3 is 0 Å². The Bertz CT molecular complexity index is 1110. The van der Waals surface area contributed by atoms with E-state index in [1.165, 1.54) is 22.8 Å². The molecule has 1 fully saturated rings. The van der Waals surface area contributed by atoms with Gasteiger partial charge in [-0.3, -0.25) is 14.7 Å². The first-order valence-corrected chi connectivity index (χ1v) is 9.91. The highest BCUT2D eigenvalue weighted by Gasteiger charge is 2.32. The molecule has 1 aliphatic rings. The SMILES string of the molecule is Cn1cc(C(=O)N2CCC[C@@H]2c2cc(CCOc3cccc(F)c3)[nH]n2)ccc1=O. The van der Waals surface area contributed by atoms with Crippen molar-refractivity contribution in [2.75, 3.05) is 13.2 Å². The summed E-state index contributed by atoms with van der Waals surface area (Å²) in [6.07, 6.45) is 3.89. The Kier molecular flexibility index (Phi) is 5.65. The average Bonchev–Trinajstić information content (AvgIpc) is 3.39. The van der Waals surface area contributed by atoms with Crippen LogP contribution in [0.4, 0.5) is 4.39 Å². The van der Waals surface area contributed by atoms with Crippen molar-refractivity contribution in [2.45, 2.75) is 25.3 Å². The lowest BCUT2D eigenvalue weighted by molar-refractivity contribution is 0.0732. The summed E-state index contributed by atoms with van der Waals surface area (Å²) in [4.78, 5) is 26.4. The van der Waals surface area contributed by atoms with Crippen LogP contribution in [-0.2, 0) is 13.5 Å². The molecule has 1 saturated heterocycles. The summed E-state index contributed by atoms with van der Waals surface area (Å²) < 4.78 is 20.2. The zero-order valence-electron chi connectivity index (χ0n) is 16.7. The largest absolute Gasteiger partial charge is 0.493 e. The van der Waals surface area contributed by atoms with E-state index in [-0.39, 0.29) is 23.3 Å². The number of amides is 1. The summed E-state index contributed by atoms with van der Waals surface area (Å²) in [5, 5.41) is 7.41. The number of rotatable bonds is 6. The zero-order chi connectivity index (χ0) is 21.1. The lowest BCUT2D eigenvalue weighted by Gasteiger charge is -2.23. The van der Waals surface area contributed by atoms with E-state index in [4.69, 9.17) is 4.74 Å². The van der Waals surface area contributed by atoms with Crippen molar-refractivity contribution >= 4 is 5.91 Å². The van der Waals surface area contributed by atoms with Gasteiger partial charge in [0.25, 0.3) is 5.91 Å². The molecule has 1 N–H and O–H groups in total. The first kappa shape index (κ1) is 19.9. The molecule has 3 heterocycles. The molecule has 1 aliphatic heterocycles. The number of aromatic nitrogens is 3. The summed E-state index contributed by atoms with van der Waals surface area (Å²) in [6.45, 7) is 1.04. The number of H-pyrrole nitrogens is 1. The first-order valence-electron chi connectivity index (χ1n) is 9.91. The molecule has 2 aromatic heterocycles. The number of pyridine rings is 1. The van der Waals surface area contributed by atoms with Gasteiger partial charge in [0, 0.05) is 44.0 Å². The average molecular weight is 410 g/mol. The van der Waals surface area contributed by atoms with E-state index in [0.29, 0.717) is 30.9 Å². The second-order valence-electron chi connectivity index (χ2n) is 7.40. The van der Waals surface area contributed by atoms with E-state index >= 15 is 0 Å². The second kappa shape index (κ2) is 8.52. The van der Waals surface area contributed by atoms with Crippen LogP contribution in [0.5, 0.6) is 5.75 Å². The number of carbonyl (C=O) groups is 1. The number of hydrogen-bond acceptors (Lipinski definition) is 4. The van der Waals surface area contributed by atoms with Crippen LogP contribution in [0.25, 0.3) is 0 Å². The molecule has 0 radical (unpaired) electrons. The summed E-state index contributed by atoms with van der Waals surface area (Å²) >= 11 is 0. The highest BCUT2D eigenvalue weighted by Crippen LogP contribution is 2.32. The lowest BCUT2D eigenvalue weighted by Crippen LogP contribution is -2.31. The molecule has 1 amide bonds. The van der Waals surface area contributed by atoms with Crippen LogP contribution >= 0.6 is 0 Å². The van der Waals surface area contributed by atoms with Gasteiger partial charge in [0.15, 0.2) is 0 Å². The minimum absolute atomic E-state index is 0.105. The smallest absolute Gasteiger partial charge is 0.255 e. The Morgan fingerprint density at radius 1 is 1.30 bits per heavy atom. The Balaban J connectivity index is 1.41. The Morgan fingerprint density at radius 2 is 2.17 bits per heavy atom. The summed E-state index contributed by atoms with van der Waals surface area (Å²) in [5.74, 6) is 0.0486. The number of likely N-dealkylation sites (tertiary alicyclic amines) is 1. The van der Waals surface area contributed by atoms with Crippen molar-refractivity contribution in [1.82, 2.24) is 19.7 Å². The number of carbonyl (C=O) groups excluding carboxylic acids is 1. The molecule has 156 valence electrons. The molecule has 7 nitrogen and oxygen atoms in total. The van der Waals surface area contributed by atoms with Crippen molar-refractivity contribution in [3.63, 3.8) is 0 Å². The molecule has 8 heteroatoms. The molecule has 0 aliphatic carbocycles. The van der Waals surface area contributed by atoms with Gasteiger partial charge < -0.3 is 14.2 Å². The van der Waals surface area contributed by atoms with E-state index in [1.54, 1.807) is 31.4 Å². The predicted octanol–water partition coefficient (Wildman–Crippen LogP) is 2.85. The van der Waals surface area contributed by atoms with Crippen molar-refractivity contribution in [3.05, 3.63) is 81.8 Å². The van der Waals surface area contributed by atoms with Gasteiger partial charge in [-0.1, -0.05) is 6.07 Å². The summed E-state index contributed by atoms with van der Waals surface area (Å²) in [7, 11) is 1.63. The fourth-order valence-corrected chi connectivity index (χ4v) is 3.72. The molecular weight excluding hydrogens is 387 g/mol. The maximum absolute atomic E-state index is 13.2. The summed E-state index contributed by atoms with van der Waals surface area (Å²) in [5.41, 5.74) is 2.04. The molecule has 1 atom stereocenters. The third-order valence-electron chi connectivity index (χ3n) is 5.27. The van der Waals surface area contributed by atoms with Gasteiger partial charge in [0.1, 0.15) is 11.6 Å². The van der Waals surface area contributed by atoms with Crippen LogP contribution in [0.3, 0.4) is 0 Å². The van der Waals surface area contributed by atoms with E-state index in [2.05, 4.69) is 10.2 Å². The number of aryl methyl sites for hydroxylation is 1. The van der Waals surface area contributed by atoms with Crippen LogP contribution in [-0.4, -0.2) is 38.7 Å². The first-order chi connectivity index (χ1) is 14.5. The van der Waals surface area contributed by atoms with Gasteiger partial charge in [-0.05, 0) is 37.1 Å². The Labute approximate surface area is 173 Å². The standard InChI is InChI=1S/C22H23FN4O3/c1-26-14-15(7-8-21(26)28)22(29)27-10-3-6-20(27)19-13-17(24-25-19)9-11-30-18-5-2-4-16(23)12-18/h2,4-5,7-8,12-14,20H,3,6,9-11H2,1H3,(H,24,25)/t20-/m1/s1. The van der Waals surface area contributed by atoms with Gasteiger partial charge in [-0.2, -0.15) is 5.10 Å². The zero-order valence-corrected chi connectivity index (χ0v) is 16.7. The third-order valence-corrected chi connectivity index (χ3v) is 5.27. The van der Waals surface area contributed by atoms with Crippen LogP contribution in [0.15, 0.2) is 53.5 Å². The minimum atomic E-state index is -0.333. The lowest BCUT2D eigenvalue weighted by atomic mass is 10.1. The maximum Gasteiger partial charge on any atom is 0.255 e. The number of hydrogen-bond donors (Lipinski definition) is 1. The van der Waals surface area contributed by atoms with E-state index in [9.17, 15) is 14.0 Å². The maximum atomic E-state index is 13.2. The van der Waals surface area contributed by atoms with Crippen LogP contribution < -0.4 is 10.3 Å². The van der Waals surface area contributed by atoms with Gasteiger partial charge in [-0.15, -0.1) is 0 Å². The Hall–Kier alpha value is -3.42. The van der Waals surface area contributed by atoms with Crippen LogP contribution in [0.2, 0.25) is 0 Å². The van der Waals surface area contributed by atoms with Gasteiger partial charge in [0.05, 0.1) is 23.9 Å². The molecule has 0 unspecified atom stereocenters. The predicted molar refractivity (Wildman–Crippen MR) is 109 cm³/mol. The van der Waals surface area contributed by atoms with Gasteiger partial charge in [0.2, 0.25) is 5.56 Å². The number of aromatic amines is 1. The number of ether oxygens (including phenoxy) is 1. The number of nitrogens with zero attached hydrogens (tertiary/aromatic N) is 3. The van der Waals surface area contributed by atoms with Crippen LogP contribution in [0, 0.1) is 5.82 Å². The molecule has 0 spiro atoms. The molecule has 3 aromatic rings. The van der Waals surface area contributed by atoms with Crippen molar-refractivity contribution in [2.24, 2.45) is 7.05 Å². The highest BCUT2D eigenvalue weighted by atomic mass is 19.1. The highest BCUT2D eigenvalue weighted by molar-refractivity contribution is 5.94. The van der Waals surface area contributed by atoms with Crippen molar-refractivity contribution in [1.29, 1.82) is 0 Å². The van der Waals surface area contributed by atoms with E-state index < -0.39 is 0 Å². The molecular formula is C22H23FN4O3. The molecule has 30 heavy (non-hydrogen) atoms. The normalized spacial score (nSPS) is 16.1.